The van der Waals surface area contributed by atoms with Crippen molar-refractivity contribution in [3.8, 4) is 0 Å². The molecule has 7 nitrogen and oxygen atoms in total. The number of morpholine rings is 1. The lowest BCUT2D eigenvalue weighted by Gasteiger charge is -2.26. The molecular weight excluding hydrogens is 457 g/mol. The second-order valence-corrected chi connectivity index (χ2v) is 8.30. The van der Waals surface area contributed by atoms with Crippen molar-refractivity contribution in [2.75, 3.05) is 43.9 Å². The van der Waals surface area contributed by atoms with Crippen LogP contribution in [0.1, 0.15) is 29.9 Å². The van der Waals surface area contributed by atoms with E-state index in [0.717, 1.165) is 36.1 Å². The summed E-state index contributed by atoms with van der Waals surface area (Å²) in [6.45, 7) is 5.59. The third-order valence-corrected chi connectivity index (χ3v) is 5.90. The first kappa shape index (κ1) is 23.5. The Morgan fingerprint density at radius 3 is 2.73 bits per heavy atom. The van der Waals surface area contributed by atoms with Crippen LogP contribution in [0.2, 0.25) is 5.02 Å². The van der Waals surface area contributed by atoms with Crippen molar-refractivity contribution >= 4 is 34.1 Å². The Balaban J connectivity index is 1.66. The number of hydrogen-bond donors (Lipinski definition) is 2. The van der Waals surface area contributed by atoms with Crippen LogP contribution in [0.25, 0.3) is 10.8 Å². The third kappa shape index (κ3) is 5.45. The molecule has 0 amide bonds. The summed E-state index contributed by atoms with van der Waals surface area (Å²) in [5, 5.41) is 5.13. The number of hydrogen-bond acceptors (Lipinski definition) is 7. The predicted molar refractivity (Wildman–Crippen MR) is 121 cm³/mol. The monoisotopic (exact) mass is 480 g/mol. The molecule has 33 heavy (non-hydrogen) atoms. The van der Waals surface area contributed by atoms with Crippen molar-refractivity contribution in [2.24, 2.45) is 0 Å². The highest BCUT2D eigenvalue weighted by Gasteiger charge is 2.35. The number of benzene rings is 1. The summed E-state index contributed by atoms with van der Waals surface area (Å²) < 4.78 is 45.7. The number of halogens is 4. The van der Waals surface area contributed by atoms with Crippen LogP contribution < -0.4 is 11.1 Å². The highest BCUT2D eigenvalue weighted by atomic mass is 35.5. The lowest BCUT2D eigenvalue weighted by Crippen LogP contribution is -2.37. The van der Waals surface area contributed by atoms with Gasteiger partial charge in [0.25, 0.3) is 0 Å². The van der Waals surface area contributed by atoms with Crippen LogP contribution >= 0.6 is 11.6 Å². The van der Waals surface area contributed by atoms with Gasteiger partial charge in [-0.3, -0.25) is 9.88 Å². The number of ether oxygens (including phenoxy) is 1. The van der Waals surface area contributed by atoms with Gasteiger partial charge in [0.2, 0.25) is 5.95 Å². The Labute approximate surface area is 194 Å². The molecular formula is C22H24ClF3N6O. The normalized spacial score (nSPS) is 16.2. The topological polar surface area (TPSA) is 89.2 Å². The maximum absolute atomic E-state index is 13.4. The van der Waals surface area contributed by atoms with Gasteiger partial charge in [-0.1, -0.05) is 23.7 Å². The summed E-state index contributed by atoms with van der Waals surface area (Å²) in [5.41, 5.74) is 5.92. The number of nitrogens with zero attached hydrogens (tertiary/aromatic N) is 4. The van der Waals surface area contributed by atoms with E-state index >= 15 is 0 Å². The molecule has 3 N–H and O–H groups in total. The van der Waals surface area contributed by atoms with E-state index in [0.29, 0.717) is 36.5 Å². The molecule has 1 saturated heterocycles. The lowest BCUT2D eigenvalue weighted by atomic mass is 10.0. The standard InChI is InChI=1S/C22H24ClF3N6O/c1-13(29-20-15(22(24,25)26)12-28-21(27)31-20)18-11-14-3-2-4-16(23)19(14)17(30-18)5-6-32-7-9-33-10-8-32/h2-4,11-13H,5-10H2,1H3,(H3,27,28,29,31). The van der Waals surface area contributed by atoms with E-state index in [1.54, 1.807) is 6.92 Å². The molecule has 1 fully saturated rings. The zero-order chi connectivity index (χ0) is 23.6. The van der Waals surface area contributed by atoms with Crippen LogP contribution in [-0.2, 0) is 17.3 Å². The molecule has 0 spiro atoms. The molecule has 0 aliphatic carbocycles. The SMILES string of the molecule is CC(Nc1nc(N)ncc1C(F)(F)F)c1cc2cccc(Cl)c2c(CCN2CCOCC2)n1. The van der Waals surface area contributed by atoms with E-state index in [4.69, 9.17) is 27.1 Å². The molecule has 3 aromatic rings. The Kier molecular flexibility index (Phi) is 6.87. The van der Waals surface area contributed by atoms with Gasteiger partial charge in [-0.2, -0.15) is 18.2 Å². The number of alkyl halides is 3. The van der Waals surface area contributed by atoms with Crippen molar-refractivity contribution in [2.45, 2.75) is 25.6 Å². The maximum Gasteiger partial charge on any atom is 0.421 e. The van der Waals surface area contributed by atoms with Gasteiger partial charge in [-0.15, -0.1) is 0 Å². The van der Waals surface area contributed by atoms with Crippen LogP contribution in [0.5, 0.6) is 0 Å². The average Bonchev–Trinajstić information content (AvgIpc) is 2.77. The van der Waals surface area contributed by atoms with E-state index < -0.39 is 17.8 Å². The zero-order valence-corrected chi connectivity index (χ0v) is 18.7. The molecule has 0 saturated carbocycles. The molecule has 3 heterocycles. The molecule has 1 aliphatic rings. The van der Waals surface area contributed by atoms with Gasteiger partial charge in [0.1, 0.15) is 11.4 Å². The number of aromatic nitrogens is 3. The second kappa shape index (κ2) is 9.66. The number of nitrogens with two attached hydrogens (primary N) is 1. The number of nitrogens with one attached hydrogen (secondary N) is 1. The number of rotatable bonds is 6. The summed E-state index contributed by atoms with van der Waals surface area (Å²) in [6.07, 6.45) is -3.29. The second-order valence-electron chi connectivity index (χ2n) is 7.89. The lowest BCUT2D eigenvalue weighted by molar-refractivity contribution is -0.137. The van der Waals surface area contributed by atoms with Crippen LogP contribution in [0, 0.1) is 0 Å². The van der Waals surface area contributed by atoms with Crippen molar-refractivity contribution in [1.29, 1.82) is 0 Å². The molecule has 0 radical (unpaired) electrons. The van der Waals surface area contributed by atoms with Crippen LogP contribution in [-0.4, -0.2) is 52.7 Å². The van der Waals surface area contributed by atoms with Gasteiger partial charge >= 0.3 is 6.18 Å². The minimum atomic E-state index is -4.62. The van der Waals surface area contributed by atoms with Gasteiger partial charge in [-0.05, 0) is 24.4 Å². The molecule has 11 heteroatoms. The van der Waals surface area contributed by atoms with Crippen molar-refractivity contribution < 1.29 is 17.9 Å². The Morgan fingerprint density at radius 2 is 2.00 bits per heavy atom. The zero-order valence-electron chi connectivity index (χ0n) is 18.0. The van der Waals surface area contributed by atoms with E-state index in [9.17, 15) is 13.2 Å². The number of nitrogen functional groups attached to an aromatic ring is 1. The van der Waals surface area contributed by atoms with E-state index in [-0.39, 0.29) is 11.8 Å². The quantitative estimate of drug-likeness (QED) is 0.543. The molecule has 176 valence electrons. The number of pyridine rings is 1. The molecule has 1 aromatic carbocycles. The minimum Gasteiger partial charge on any atom is -0.379 e. The summed E-state index contributed by atoms with van der Waals surface area (Å²) in [5.74, 6) is -0.632. The van der Waals surface area contributed by atoms with Crippen LogP contribution in [0.3, 0.4) is 0 Å². The molecule has 0 bridgehead atoms. The maximum atomic E-state index is 13.4. The number of anilines is 2. The van der Waals surface area contributed by atoms with Gasteiger partial charge in [0.15, 0.2) is 0 Å². The smallest absolute Gasteiger partial charge is 0.379 e. The summed E-state index contributed by atoms with van der Waals surface area (Å²) in [4.78, 5) is 14.3. The van der Waals surface area contributed by atoms with Crippen LogP contribution in [0.15, 0.2) is 30.5 Å². The summed E-state index contributed by atoms with van der Waals surface area (Å²) in [7, 11) is 0. The van der Waals surface area contributed by atoms with Gasteiger partial charge in [-0.25, -0.2) is 4.98 Å². The number of fused-ring (bicyclic) bond motifs is 1. The van der Waals surface area contributed by atoms with Gasteiger partial charge in [0.05, 0.1) is 35.7 Å². The first-order valence-corrected chi connectivity index (χ1v) is 10.9. The minimum absolute atomic E-state index is 0.248. The third-order valence-electron chi connectivity index (χ3n) is 5.58. The average molecular weight is 481 g/mol. The van der Waals surface area contributed by atoms with Crippen LogP contribution in [0.4, 0.5) is 24.9 Å². The molecule has 4 rings (SSSR count). The largest absolute Gasteiger partial charge is 0.421 e. The Hall–Kier alpha value is -2.69. The molecule has 2 aromatic heterocycles. The fraction of sp³-hybridized carbons (Fsp3) is 0.409. The molecule has 1 unspecified atom stereocenters. The Morgan fingerprint density at radius 1 is 1.24 bits per heavy atom. The summed E-state index contributed by atoms with van der Waals surface area (Å²) in [6, 6.07) is 6.82. The van der Waals surface area contributed by atoms with Crippen molar-refractivity contribution in [3.05, 3.63) is 52.4 Å². The van der Waals surface area contributed by atoms with E-state index in [1.807, 2.05) is 24.3 Å². The fourth-order valence-electron chi connectivity index (χ4n) is 3.85. The fourth-order valence-corrected chi connectivity index (χ4v) is 4.14. The Bertz CT molecular complexity index is 1140. The van der Waals surface area contributed by atoms with Crippen molar-refractivity contribution in [1.82, 2.24) is 19.9 Å². The summed E-state index contributed by atoms with van der Waals surface area (Å²) >= 11 is 6.49. The molecule has 1 aliphatic heterocycles. The van der Waals surface area contributed by atoms with Crippen molar-refractivity contribution in [3.63, 3.8) is 0 Å². The van der Waals surface area contributed by atoms with Gasteiger partial charge < -0.3 is 15.8 Å². The molecule has 1 atom stereocenters. The first-order valence-electron chi connectivity index (χ1n) is 10.6. The highest BCUT2D eigenvalue weighted by molar-refractivity contribution is 6.35. The predicted octanol–water partition coefficient (Wildman–Crippen LogP) is 4.33. The highest BCUT2D eigenvalue weighted by Crippen LogP contribution is 2.35. The first-order chi connectivity index (χ1) is 15.7. The van der Waals surface area contributed by atoms with E-state index in [2.05, 4.69) is 20.2 Å². The van der Waals surface area contributed by atoms with E-state index in [1.165, 1.54) is 0 Å². The van der Waals surface area contributed by atoms with Gasteiger partial charge in [0, 0.05) is 37.6 Å².